The zero-order valence-electron chi connectivity index (χ0n) is 10.5. The molecule has 1 nitrogen and oxygen atoms in total. The number of aryl methyl sites for hydroxylation is 1. The van der Waals surface area contributed by atoms with Crippen molar-refractivity contribution in [3.05, 3.63) is 69.7 Å². The van der Waals surface area contributed by atoms with Gasteiger partial charge in [-0.3, -0.25) is 4.79 Å². The average Bonchev–Trinajstić information content (AvgIpc) is 2.40. The van der Waals surface area contributed by atoms with Crippen LogP contribution < -0.4 is 0 Å². The van der Waals surface area contributed by atoms with E-state index in [2.05, 4.69) is 0 Å². The summed E-state index contributed by atoms with van der Waals surface area (Å²) >= 11 is 5.87. The molecular weight excluding hydrogens is 289 g/mol. The van der Waals surface area contributed by atoms with E-state index in [1.807, 2.05) is 0 Å². The fraction of sp³-hybridized carbons (Fsp3) is 0.133. The molecule has 0 N–H and O–H groups in total. The predicted octanol–water partition coefficient (Wildman–Crippen LogP) is 4.90. The zero-order valence-corrected chi connectivity index (χ0v) is 11.2. The molecule has 0 bridgehead atoms. The molecule has 0 atom stereocenters. The fourth-order valence-corrected chi connectivity index (χ4v) is 1.88. The number of ketones is 1. The van der Waals surface area contributed by atoms with Gasteiger partial charge in [-0.1, -0.05) is 23.7 Å². The van der Waals surface area contributed by atoms with Crippen LogP contribution in [0.5, 0.6) is 0 Å². The minimum Gasteiger partial charge on any atom is -0.289 e. The third-order valence-electron chi connectivity index (χ3n) is 2.89. The maximum Gasteiger partial charge on any atom is 0.416 e. The van der Waals surface area contributed by atoms with E-state index in [0.717, 1.165) is 17.7 Å². The maximum absolute atomic E-state index is 12.4. The van der Waals surface area contributed by atoms with Gasteiger partial charge >= 0.3 is 6.18 Å². The van der Waals surface area contributed by atoms with Gasteiger partial charge < -0.3 is 0 Å². The van der Waals surface area contributed by atoms with Crippen molar-refractivity contribution in [3.63, 3.8) is 0 Å². The first-order valence-corrected chi connectivity index (χ1v) is 6.15. The van der Waals surface area contributed by atoms with E-state index in [-0.39, 0.29) is 11.3 Å². The topological polar surface area (TPSA) is 17.1 Å². The fourth-order valence-electron chi connectivity index (χ4n) is 1.76. The maximum atomic E-state index is 12.4. The quantitative estimate of drug-likeness (QED) is 0.721. The summed E-state index contributed by atoms with van der Waals surface area (Å²) in [5, 5.41) is 0.536. The average molecular weight is 299 g/mol. The molecule has 0 amide bonds. The van der Waals surface area contributed by atoms with Gasteiger partial charge in [-0.2, -0.15) is 13.2 Å². The highest BCUT2D eigenvalue weighted by molar-refractivity contribution is 6.31. The number of halogens is 4. The normalized spacial score (nSPS) is 11.4. The minimum absolute atomic E-state index is 0.208. The Labute approximate surface area is 119 Å². The Hall–Kier alpha value is -1.81. The lowest BCUT2D eigenvalue weighted by Gasteiger charge is -2.08. The lowest BCUT2D eigenvalue weighted by atomic mass is 10.0. The third-order valence-corrected chi connectivity index (χ3v) is 3.32. The van der Waals surface area contributed by atoms with Gasteiger partial charge in [0.25, 0.3) is 0 Å². The van der Waals surface area contributed by atoms with Gasteiger partial charge in [0.15, 0.2) is 5.78 Å². The first-order chi connectivity index (χ1) is 9.29. The summed E-state index contributed by atoms with van der Waals surface area (Å²) in [6.45, 7) is 1.76. The van der Waals surface area contributed by atoms with E-state index in [4.69, 9.17) is 11.6 Å². The van der Waals surface area contributed by atoms with Crippen LogP contribution in [-0.4, -0.2) is 5.78 Å². The Bertz CT molecular complexity index is 645. The van der Waals surface area contributed by atoms with Crippen molar-refractivity contribution < 1.29 is 18.0 Å². The van der Waals surface area contributed by atoms with E-state index in [1.165, 1.54) is 12.1 Å². The molecule has 2 aromatic rings. The van der Waals surface area contributed by atoms with Crippen LogP contribution in [0.25, 0.3) is 0 Å². The van der Waals surface area contributed by atoms with Crippen LogP contribution in [0.4, 0.5) is 13.2 Å². The number of carbonyl (C=O) groups excluding carboxylic acids is 1. The zero-order chi connectivity index (χ0) is 14.9. The van der Waals surface area contributed by atoms with Crippen LogP contribution in [0, 0.1) is 6.92 Å². The molecule has 0 aliphatic rings. The molecule has 0 spiro atoms. The number of rotatable bonds is 2. The summed E-state index contributed by atoms with van der Waals surface area (Å²) in [6.07, 6.45) is -4.40. The highest BCUT2D eigenvalue weighted by Gasteiger charge is 2.30. The van der Waals surface area contributed by atoms with Gasteiger partial charge in [-0.15, -0.1) is 0 Å². The minimum atomic E-state index is -4.40. The molecule has 0 saturated carbocycles. The SMILES string of the molecule is Cc1cc(C(=O)c2ccc(C(F)(F)F)cc2)ccc1Cl. The molecular formula is C15H10ClF3O. The van der Waals surface area contributed by atoms with Crippen molar-refractivity contribution in [2.75, 3.05) is 0 Å². The summed E-state index contributed by atoms with van der Waals surface area (Å²) < 4.78 is 37.3. The lowest BCUT2D eigenvalue weighted by molar-refractivity contribution is -0.137. The van der Waals surface area contributed by atoms with Crippen molar-refractivity contribution >= 4 is 17.4 Å². The van der Waals surface area contributed by atoms with Crippen LogP contribution >= 0.6 is 11.6 Å². The van der Waals surface area contributed by atoms with E-state index < -0.39 is 11.7 Å². The number of hydrogen-bond donors (Lipinski definition) is 0. The molecule has 0 aromatic heterocycles. The molecule has 0 aliphatic heterocycles. The number of benzene rings is 2. The number of alkyl halides is 3. The molecule has 0 saturated heterocycles. The summed E-state index contributed by atoms with van der Waals surface area (Å²) in [5.41, 5.74) is 0.567. The van der Waals surface area contributed by atoms with E-state index in [0.29, 0.717) is 10.6 Å². The van der Waals surface area contributed by atoms with E-state index in [1.54, 1.807) is 25.1 Å². The highest BCUT2D eigenvalue weighted by atomic mass is 35.5. The Kier molecular flexibility index (Phi) is 3.86. The Morgan fingerprint density at radius 2 is 1.55 bits per heavy atom. The van der Waals surface area contributed by atoms with Crippen molar-refractivity contribution in [1.29, 1.82) is 0 Å². The van der Waals surface area contributed by atoms with Crippen LogP contribution in [0.2, 0.25) is 5.02 Å². The monoisotopic (exact) mass is 298 g/mol. The second kappa shape index (κ2) is 5.29. The molecule has 2 aromatic carbocycles. The summed E-state index contributed by atoms with van der Waals surface area (Å²) in [6, 6.07) is 8.90. The van der Waals surface area contributed by atoms with Crippen LogP contribution in [-0.2, 0) is 6.18 Å². The van der Waals surface area contributed by atoms with Gasteiger partial charge in [-0.05, 0) is 42.8 Å². The summed E-state index contributed by atoms with van der Waals surface area (Å²) in [5.74, 6) is -0.335. The van der Waals surface area contributed by atoms with Crippen LogP contribution in [0.15, 0.2) is 42.5 Å². The first kappa shape index (κ1) is 14.6. The molecule has 0 fully saturated rings. The second-order valence-electron chi connectivity index (χ2n) is 4.37. The smallest absolute Gasteiger partial charge is 0.289 e. The Balaban J connectivity index is 2.31. The van der Waals surface area contributed by atoms with Gasteiger partial charge in [0.05, 0.1) is 5.56 Å². The number of hydrogen-bond acceptors (Lipinski definition) is 1. The molecule has 0 aliphatic carbocycles. The third kappa shape index (κ3) is 3.02. The number of carbonyl (C=O) groups is 1. The molecule has 5 heteroatoms. The molecule has 0 unspecified atom stereocenters. The Morgan fingerprint density at radius 1 is 1.00 bits per heavy atom. The first-order valence-electron chi connectivity index (χ1n) is 5.77. The Morgan fingerprint density at radius 3 is 2.05 bits per heavy atom. The van der Waals surface area contributed by atoms with Crippen LogP contribution in [0.1, 0.15) is 27.0 Å². The summed E-state index contributed by atoms with van der Waals surface area (Å²) in [7, 11) is 0. The second-order valence-corrected chi connectivity index (χ2v) is 4.78. The standard InChI is InChI=1S/C15H10ClF3O/c1-9-8-11(4-7-13(9)16)14(20)10-2-5-12(6-3-10)15(17,18)19/h2-8H,1H3. The molecule has 104 valence electrons. The molecule has 0 radical (unpaired) electrons. The van der Waals surface area contributed by atoms with Crippen molar-refractivity contribution in [1.82, 2.24) is 0 Å². The highest BCUT2D eigenvalue weighted by Crippen LogP contribution is 2.29. The summed E-state index contributed by atoms with van der Waals surface area (Å²) in [4.78, 5) is 12.1. The largest absolute Gasteiger partial charge is 0.416 e. The van der Waals surface area contributed by atoms with E-state index >= 15 is 0 Å². The molecule has 0 heterocycles. The lowest BCUT2D eigenvalue weighted by Crippen LogP contribution is -2.06. The van der Waals surface area contributed by atoms with Gasteiger partial charge in [0, 0.05) is 16.1 Å². The van der Waals surface area contributed by atoms with Gasteiger partial charge in [0.2, 0.25) is 0 Å². The van der Waals surface area contributed by atoms with Crippen molar-refractivity contribution in [2.24, 2.45) is 0 Å². The van der Waals surface area contributed by atoms with Gasteiger partial charge in [-0.25, -0.2) is 0 Å². The van der Waals surface area contributed by atoms with Crippen molar-refractivity contribution in [2.45, 2.75) is 13.1 Å². The van der Waals surface area contributed by atoms with E-state index in [9.17, 15) is 18.0 Å². The van der Waals surface area contributed by atoms with Crippen LogP contribution in [0.3, 0.4) is 0 Å². The van der Waals surface area contributed by atoms with Crippen molar-refractivity contribution in [3.8, 4) is 0 Å². The molecule has 20 heavy (non-hydrogen) atoms. The van der Waals surface area contributed by atoms with Gasteiger partial charge in [0.1, 0.15) is 0 Å². The molecule has 2 rings (SSSR count). The predicted molar refractivity (Wildman–Crippen MR) is 71.1 cm³/mol.